The minimum atomic E-state index is -0.956. The van der Waals surface area contributed by atoms with Crippen LogP contribution in [0.25, 0.3) is 32.1 Å². The van der Waals surface area contributed by atoms with Crippen molar-refractivity contribution < 1.29 is 22.7 Å². The number of nitrogen functional groups attached to an aromatic ring is 1. The zero-order chi connectivity index (χ0) is 35.3. The van der Waals surface area contributed by atoms with Crippen molar-refractivity contribution in [3.8, 4) is 23.2 Å². The van der Waals surface area contributed by atoms with Gasteiger partial charge < -0.3 is 15.4 Å². The monoisotopic (exact) mass is 732 g/mol. The van der Waals surface area contributed by atoms with Crippen LogP contribution in [0.2, 0.25) is 5.02 Å². The first-order valence-corrected chi connectivity index (χ1v) is 18.2. The molecule has 6 heterocycles. The number of aryl methyl sites for hydroxylation is 1. The van der Waals surface area contributed by atoms with Crippen LogP contribution >= 0.6 is 22.9 Å². The SMILES string of the molecule is Cc1ccn(C(=O)[C@@H]2[C@@H]3CCN(c4nc(OC[C@@]56CCCN5C[C@H](F)C6)nc5c(F)c(-c6ccc(F)c7sc(N)c(C#N)c67)c(Cl)cc45)C[C@@H]32)n1. The molecule has 10 nitrogen and oxygen atoms in total. The Labute approximate surface area is 299 Å². The number of nitrogens with two attached hydrogens (primary N) is 1. The summed E-state index contributed by atoms with van der Waals surface area (Å²) in [6.45, 7) is 4.15. The summed E-state index contributed by atoms with van der Waals surface area (Å²) < 4.78 is 54.4. The first-order valence-electron chi connectivity index (χ1n) is 17.0. The highest BCUT2D eigenvalue weighted by Gasteiger charge is 2.57. The first kappa shape index (κ1) is 32.5. The molecule has 1 aliphatic carbocycles. The highest BCUT2D eigenvalue weighted by atomic mass is 35.5. The number of hydrogen-bond acceptors (Lipinski definition) is 10. The van der Waals surface area contributed by atoms with Crippen LogP contribution in [-0.2, 0) is 0 Å². The Kier molecular flexibility index (Phi) is 7.51. The summed E-state index contributed by atoms with van der Waals surface area (Å²) in [5.41, 5.74) is 6.48. The summed E-state index contributed by atoms with van der Waals surface area (Å²) in [5, 5.41) is 14.9. The number of piperidine rings is 1. The smallest absolute Gasteiger partial charge is 0.319 e. The van der Waals surface area contributed by atoms with Crippen molar-refractivity contribution >= 4 is 60.7 Å². The second-order valence-corrected chi connectivity index (χ2v) is 15.7. The van der Waals surface area contributed by atoms with E-state index >= 15 is 4.39 Å². The molecule has 15 heteroatoms. The molecule has 0 spiro atoms. The highest BCUT2D eigenvalue weighted by Crippen LogP contribution is 2.54. The van der Waals surface area contributed by atoms with Crippen LogP contribution in [0.5, 0.6) is 6.01 Å². The Hall–Kier alpha value is -4.45. The van der Waals surface area contributed by atoms with Gasteiger partial charge in [-0.15, -0.1) is 11.3 Å². The Balaban J connectivity index is 1.14. The molecular formula is C36H32ClF3N8O2S. The summed E-state index contributed by atoms with van der Waals surface area (Å²) in [4.78, 5) is 26.9. The molecule has 5 atom stereocenters. The van der Waals surface area contributed by atoms with E-state index in [0.717, 1.165) is 42.8 Å². The van der Waals surface area contributed by atoms with E-state index in [9.17, 15) is 18.8 Å². The molecule has 3 aliphatic heterocycles. The van der Waals surface area contributed by atoms with E-state index in [0.29, 0.717) is 37.3 Å². The fourth-order valence-corrected chi connectivity index (χ4v) is 10.1. The van der Waals surface area contributed by atoms with Gasteiger partial charge in [0.15, 0.2) is 5.82 Å². The largest absolute Gasteiger partial charge is 0.461 e. The Bertz CT molecular complexity index is 2330. The predicted octanol–water partition coefficient (Wildman–Crippen LogP) is 6.77. The van der Waals surface area contributed by atoms with E-state index in [4.69, 9.17) is 27.1 Å². The second-order valence-electron chi connectivity index (χ2n) is 14.2. The van der Waals surface area contributed by atoms with Gasteiger partial charge in [-0.3, -0.25) is 9.69 Å². The van der Waals surface area contributed by atoms with Crippen molar-refractivity contribution in [1.82, 2.24) is 24.6 Å². The molecule has 4 fully saturated rings. The molecule has 2 aromatic carbocycles. The number of nitrogens with zero attached hydrogens (tertiary/aromatic N) is 7. The first-order chi connectivity index (χ1) is 24.6. The minimum Gasteiger partial charge on any atom is -0.461 e. The van der Waals surface area contributed by atoms with Gasteiger partial charge in [-0.25, -0.2) is 17.9 Å². The third-order valence-corrected chi connectivity index (χ3v) is 12.6. The fraction of sp³-hybridized carbons (Fsp3) is 0.417. The van der Waals surface area contributed by atoms with Crippen molar-refractivity contribution in [1.29, 1.82) is 5.26 Å². The van der Waals surface area contributed by atoms with Crippen molar-refractivity contribution in [3.63, 3.8) is 0 Å². The minimum absolute atomic E-state index is 0.0175. The van der Waals surface area contributed by atoms with Crippen molar-refractivity contribution in [3.05, 3.63) is 58.4 Å². The Morgan fingerprint density at radius 2 is 2.06 bits per heavy atom. The van der Waals surface area contributed by atoms with Gasteiger partial charge in [-0.1, -0.05) is 17.7 Å². The summed E-state index contributed by atoms with van der Waals surface area (Å²) >= 11 is 7.80. The van der Waals surface area contributed by atoms with Gasteiger partial charge in [0.05, 0.1) is 26.5 Å². The van der Waals surface area contributed by atoms with Gasteiger partial charge in [0.1, 0.15) is 41.0 Å². The third-order valence-electron chi connectivity index (χ3n) is 11.3. The van der Waals surface area contributed by atoms with Crippen LogP contribution in [0.15, 0.2) is 30.5 Å². The molecule has 262 valence electrons. The number of aromatic nitrogens is 4. The van der Waals surface area contributed by atoms with Crippen molar-refractivity contribution in [2.24, 2.45) is 17.8 Å². The number of halogens is 4. The standard InChI is InChI=1S/C36H32ClF3N8O2S/c1-17-5-10-48(45-17)34(49)27-19-6-9-46(15-23(19)27)33-21-11-24(37)28(20-3-4-25(39)31-26(20)22(13-41)32(42)51-31)29(40)30(21)43-35(44-33)50-16-36-7-2-8-47(36)14-18(38)12-36/h3-5,10-11,18-19,23,27H,2,6-9,12,14-16,42H2,1H3/t18-,19-,23+,27-,36+/m1/s1. The molecule has 0 radical (unpaired) electrons. The van der Waals surface area contributed by atoms with E-state index in [1.807, 2.05) is 17.9 Å². The van der Waals surface area contributed by atoms with Gasteiger partial charge in [0.25, 0.3) is 5.91 Å². The average molecular weight is 733 g/mol. The van der Waals surface area contributed by atoms with Gasteiger partial charge in [0, 0.05) is 54.5 Å². The molecule has 9 rings (SSSR count). The van der Waals surface area contributed by atoms with Gasteiger partial charge >= 0.3 is 6.01 Å². The lowest BCUT2D eigenvalue weighted by Crippen LogP contribution is -2.43. The summed E-state index contributed by atoms with van der Waals surface area (Å²) in [6.07, 6.45) is 3.48. The van der Waals surface area contributed by atoms with Crippen molar-refractivity contribution in [2.75, 3.05) is 43.4 Å². The number of benzene rings is 2. The topological polar surface area (TPSA) is 126 Å². The van der Waals surface area contributed by atoms with Crippen LogP contribution in [0.3, 0.4) is 0 Å². The van der Waals surface area contributed by atoms with E-state index in [1.165, 1.54) is 16.8 Å². The maximum Gasteiger partial charge on any atom is 0.319 e. The van der Waals surface area contributed by atoms with Gasteiger partial charge in [0.2, 0.25) is 0 Å². The molecule has 0 bridgehead atoms. The molecule has 4 aliphatic rings. The molecule has 3 aromatic heterocycles. The second kappa shape index (κ2) is 11.8. The van der Waals surface area contributed by atoms with E-state index in [1.54, 1.807) is 18.3 Å². The highest BCUT2D eigenvalue weighted by molar-refractivity contribution is 7.23. The number of alkyl halides is 1. The number of ether oxygens (including phenoxy) is 1. The van der Waals surface area contributed by atoms with Crippen LogP contribution < -0.4 is 15.4 Å². The number of carbonyl (C=O) groups is 1. The lowest BCUT2D eigenvalue weighted by molar-refractivity contribution is 0.0857. The fourth-order valence-electron chi connectivity index (χ4n) is 8.86. The number of thiophene rings is 1. The zero-order valence-corrected chi connectivity index (χ0v) is 29.1. The third kappa shape index (κ3) is 5.07. The number of carbonyl (C=O) groups excluding carboxylic acids is 1. The predicted molar refractivity (Wildman–Crippen MR) is 188 cm³/mol. The average Bonchev–Trinajstić information content (AvgIpc) is 3.44. The lowest BCUT2D eigenvalue weighted by Gasteiger charge is -2.31. The number of fused-ring (bicyclic) bond motifs is 4. The molecule has 5 aromatic rings. The van der Waals surface area contributed by atoms with E-state index in [2.05, 4.69) is 15.0 Å². The summed E-state index contributed by atoms with van der Waals surface area (Å²) in [7, 11) is 0. The van der Waals surface area contributed by atoms with E-state index < -0.39 is 23.3 Å². The quantitative estimate of drug-likeness (QED) is 0.201. The number of hydrogen-bond donors (Lipinski definition) is 1. The van der Waals surface area contributed by atoms with Crippen LogP contribution in [-0.4, -0.2) is 75.1 Å². The van der Waals surface area contributed by atoms with E-state index in [-0.39, 0.29) is 78.6 Å². The molecular weight excluding hydrogens is 701 g/mol. The molecule has 1 saturated carbocycles. The lowest BCUT2D eigenvalue weighted by atomic mass is 9.95. The molecule has 2 N–H and O–H groups in total. The number of rotatable bonds is 6. The Morgan fingerprint density at radius 3 is 2.84 bits per heavy atom. The van der Waals surface area contributed by atoms with Crippen LogP contribution in [0, 0.1) is 47.6 Å². The molecule has 0 unspecified atom stereocenters. The van der Waals surface area contributed by atoms with Crippen LogP contribution in [0.1, 0.15) is 41.7 Å². The summed E-state index contributed by atoms with van der Waals surface area (Å²) in [5.74, 6) is -0.957. The van der Waals surface area contributed by atoms with Crippen molar-refractivity contribution in [2.45, 2.75) is 44.3 Å². The number of anilines is 2. The van der Waals surface area contributed by atoms with Crippen LogP contribution in [0.4, 0.5) is 24.0 Å². The number of nitriles is 1. The zero-order valence-electron chi connectivity index (χ0n) is 27.5. The molecule has 51 heavy (non-hydrogen) atoms. The van der Waals surface area contributed by atoms with Gasteiger partial charge in [-0.2, -0.15) is 20.3 Å². The molecule has 0 amide bonds. The Morgan fingerprint density at radius 1 is 1.22 bits per heavy atom. The maximum absolute atomic E-state index is 17.1. The normalized spacial score (nSPS) is 25.7. The van der Waals surface area contributed by atoms with Gasteiger partial charge in [-0.05, 0) is 68.3 Å². The molecule has 3 saturated heterocycles. The maximum atomic E-state index is 17.1. The summed E-state index contributed by atoms with van der Waals surface area (Å²) in [6, 6.07) is 7.93.